The van der Waals surface area contributed by atoms with Gasteiger partial charge >= 0.3 is 0 Å². The van der Waals surface area contributed by atoms with Crippen molar-refractivity contribution in [1.29, 1.82) is 0 Å². The molecule has 2 N–H and O–H groups in total. The molecule has 0 aliphatic heterocycles. The molecule has 0 atom stereocenters. The SMILES string of the molecule is O=C(NCCc1ccccc1F)C1(C(=O)Nc2ccc(F)c(Cl)c2)CC1. The summed E-state index contributed by atoms with van der Waals surface area (Å²) in [6.07, 6.45) is 1.20. The van der Waals surface area contributed by atoms with E-state index in [1.54, 1.807) is 18.2 Å². The summed E-state index contributed by atoms with van der Waals surface area (Å²) < 4.78 is 26.8. The van der Waals surface area contributed by atoms with Crippen molar-refractivity contribution in [2.24, 2.45) is 5.41 Å². The average Bonchev–Trinajstić information content (AvgIpc) is 3.42. The standard InChI is InChI=1S/C19H17ClF2N2O2/c20-14-11-13(5-6-16(14)22)24-18(26)19(8-9-19)17(25)23-10-7-12-3-1-2-4-15(12)21/h1-6,11H,7-10H2,(H,23,25)(H,24,26). The van der Waals surface area contributed by atoms with Crippen molar-refractivity contribution >= 4 is 29.1 Å². The van der Waals surface area contributed by atoms with Gasteiger partial charge in [-0.25, -0.2) is 8.78 Å². The third-order valence-electron chi connectivity index (χ3n) is 4.43. The molecule has 1 aliphatic carbocycles. The fourth-order valence-electron chi connectivity index (χ4n) is 2.69. The summed E-state index contributed by atoms with van der Waals surface area (Å²) in [4.78, 5) is 24.9. The minimum absolute atomic E-state index is 0.109. The number of anilines is 1. The highest BCUT2D eigenvalue weighted by atomic mass is 35.5. The van der Waals surface area contributed by atoms with Crippen molar-refractivity contribution in [3.63, 3.8) is 0 Å². The molecule has 136 valence electrons. The van der Waals surface area contributed by atoms with Gasteiger partial charge in [0.25, 0.3) is 0 Å². The average molecular weight is 379 g/mol. The van der Waals surface area contributed by atoms with Crippen LogP contribution in [-0.2, 0) is 16.0 Å². The van der Waals surface area contributed by atoms with Crippen LogP contribution in [0.4, 0.5) is 14.5 Å². The Morgan fingerprint density at radius 3 is 2.42 bits per heavy atom. The number of nitrogens with one attached hydrogen (secondary N) is 2. The van der Waals surface area contributed by atoms with E-state index in [4.69, 9.17) is 11.6 Å². The lowest BCUT2D eigenvalue weighted by molar-refractivity contribution is -0.134. The second-order valence-electron chi connectivity index (χ2n) is 6.26. The Morgan fingerprint density at radius 1 is 1.04 bits per heavy atom. The van der Waals surface area contributed by atoms with Gasteiger partial charge in [0, 0.05) is 12.2 Å². The topological polar surface area (TPSA) is 58.2 Å². The maximum Gasteiger partial charge on any atom is 0.240 e. The Labute approximate surface area is 154 Å². The Kier molecular flexibility index (Phi) is 5.23. The number of carbonyl (C=O) groups is 2. The van der Waals surface area contributed by atoms with Crippen LogP contribution in [0.5, 0.6) is 0 Å². The smallest absolute Gasteiger partial charge is 0.240 e. The highest BCUT2D eigenvalue weighted by molar-refractivity contribution is 6.31. The molecule has 3 rings (SSSR count). The summed E-state index contributed by atoms with van der Waals surface area (Å²) in [6.45, 7) is 0.233. The third kappa shape index (κ3) is 3.85. The van der Waals surface area contributed by atoms with Crippen LogP contribution in [-0.4, -0.2) is 18.4 Å². The quantitative estimate of drug-likeness (QED) is 0.753. The first-order valence-corrected chi connectivity index (χ1v) is 8.58. The van der Waals surface area contributed by atoms with Crippen LogP contribution in [0.3, 0.4) is 0 Å². The molecular formula is C19H17ClF2N2O2. The molecule has 2 amide bonds. The molecule has 1 aliphatic rings. The Balaban J connectivity index is 1.57. The van der Waals surface area contributed by atoms with E-state index in [0.717, 1.165) is 6.07 Å². The first kappa shape index (κ1) is 18.3. The zero-order valence-corrected chi connectivity index (χ0v) is 14.6. The van der Waals surface area contributed by atoms with Gasteiger partial charge in [0.05, 0.1) is 5.02 Å². The molecule has 0 saturated heterocycles. The van der Waals surface area contributed by atoms with E-state index < -0.39 is 17.1 Å². The molecule has 0 bridgehead atoms. The van der Waals surface area contributed by atoms with Crippen molar-refractivity contribution in [3.8, 4) is 0 Å². The summed E-state index contributed by atoms with van der Waals surface area (Å²) in [5, 5.41) is 5.19. The molecule has 0 spiro atoms. The van der Waals surface area contributed by atoms with Gasteiger partial charge in [0.2, 0.25) is 11.8 Å². The number of hydrogen-bond acceptors (Lipinski definition) is 2. The predicted molar refractivity (Wildman–Crippen MR) is 94.8 cm³/mol. The van der Waals surface area contributed by atoms with Crippen molar-refractivity contribution in [2.75, 3.05) is 11.9 Å². The Morgan fingerprint density at radius 2 is 1.77 bits per heavy atom. The molecule has 0 aromatic heterocycles. The van der Waals surface area contributed by atoms with Gasteiger partial charge < -0.3 is 10.6 Å². The van der Waals surface area contributed by atoms with E-state index in [1.165, 1.54) is 18.2 Å². The van der Waals surface area contributed by atoms with Crippen LogP contribution in [0.2, 0.25) is 5.02 Å². The zero-order valence-electron chi connectivity index (χ0n) is 13.8. The van der Waals surface area contributed by atoms with Crippen LogP contribution in [0.25, 0.3) is 0 Å². The van der Waals surface area contributed by atoms with Crippen molar-refractivity contribution < 1.29 is 18.4 Å². The lowest BCUT2D eigenvalue weighted by Crippen LogP contribution is -2.40. The van der Waals surface area contributed by atoms with E-state index in [-0.39, 0.29) is 23.3 Å². The van der Waals surface area contributed by atoms with Crippen molar-refractivity contribution in [3.05, 3.63) is 64.7 Å². The second kappa shape index (κ2) is 7.41. The predicted octanol–water partition coefficient (Wildman–Crippen LogP) is 3.70. The highest BCUT2D eigenvalue weighted by Crippen LogP contribution is 2.46. The fourth-order valence-corrected chi connectivity index (χ4v) is 2.87. The molecule has 2 aromatic carbocycles. The minimum atomic E-state index is -1.13. The van der Waals surface area contributed by atoms with Crippen molar-refractivity contribution in [1.82, 2.24) is 5.32 Å². The largest absolute Gasteiger partial charge is 0.355 e. The van der Waals surface area contributed by atoms with Gasteiger partial charge in [-0.3, -0.25) is 9.59 Å². The molecule has 4 nitrogen and oxygen atoms in total. The van der Waals surface area contributed by atoms with E-state index in [9.17, 15) is 18.4 Å². The fraction of sp³-hybridized carbons (Fsp3) is 0.263. The van der Waals surface area contributed by atoms with E-state index in [1.807, 2.05) is 0 Å². The van der Waals surface area contributed by atoms with E-state index in [0.29, 0.717) is 30.5 Å². The summed E-state index contributed by atoms with van der Waals surface area (Å²) in [5.74, 6) is -1.76. The third-order valence-corrected chi connectivity index (χ3v) is 4.72. The molecule has 26 heavy (non-hydrogen) atoms. The molecule has 1 saturated carbocycles. The molecule has 0 radical (unpaired) electrons. The zero-order chi connectivity index (χ0) is 18.7. The van der Waals surface area contributed by atoms with Gasteiger partial charge in [-0.15, -0.1) is 0 Å². The molecule has 7 heteroatoms. The summed E-state index contributed by atoms with van der Waals surface area (Å²) in [7, 11) is 0. The molecule has 1 fully saturated rings. The minimum Gasteiger partial charge on any atom is -0.355 e. The van der Waals surface area contributed by atoms with Gasteiger partial charge in [0.1, 0.15) is 17.0 Å². The van der Waals surface area contributed by atoms with Gasteiger partial charge in [-0.05, 0) is 49.1 Å². The van der Waals surface area contributed by atoms with Crippen molar-refractivity contribution in [2.45, 2.75) is 19.3 Å². The lowest BCUT2D eigenvalue weighted by atomic mass is 10.0. The first-order chi connectivity index (χ1) is 12.4. The maximum atomic E-state index is 13.6. The van der Waals surface area contributed by atoms with Crippen LogP contribution < -0.4 is 10.6 Å². The molecular weight excluding hydrogens is 362 g/mol. The second-order valence-corrected chi connectivity index (χ2v) is 6.67. The van der Waals surface area contributed by atoms with Gasteiger partial charge in [-0.1, -0.05) is 29.8 Å². The number of hydrogen-bond donors (Lipinski definition) is 2. The van der Waals surface area contributed by atoms with E-state index >= 15 is 0 Å². The highest BCUT2D eigenvalue weighted by Gasteiger charge is 2.56. The summed E-state index contributed by atoms with van der Waals surface area (Å²) in [6, 6.07) is 10.2. The van der Waals surface area contributed by atoms with Gasteiger partial charge in [-0.2, -0.15) is 0 Å². The summed E-state index contributed by atoms with van der Waals surface area (Å²) in [5.41, 5.74) is -0.300. The van der Waals surface area contributed by atoms with Gasteiger partial charge in [0.15, 0.2) is 0 Å². The number of benzene rings is 2. The Bertz CT molecular complexity index is 853. The number of rotatable bonds is 6. The molecule has 2 aromatic rings. The molecule has 0 heterocycles. The number of amides is 2. The summed E-state index contributed by atoms with van der Waals surface area (Å²) >= 11 is 5.69. The Hall–Kier alpha value is -2.47. The molecule has 0 unspecified atom stereocenters. The van der Waals surface area contributed by atoms with Crippen LogP contribution in [0, 0.1) is 17.0 Å². The monoisotopic (exact) mass is 378 g/mol. The normalized spacial score (nSPS) is 14.6. The first-order valence-electron chi connectivity index (χ1n) is 8.20. The number of carbonyl (C=O) groups excluding carboxylic acids is 2. The lowest BCUT2D eigenvalue weighted by Gasteiger charge is -2.16. The number of halogens is 3. The van der Waals surface area contributed by atoms with Crippen LogP contribution >= 0.6 is 11.6 Å². The van der Waals surface area contributed by atoms with E-state index in [2.05, 4.69) is 10.6 Å². The maximum absolute atomic E-state index is 13.6. The van der Waals surface area contributed by atoms with Crippen LogP contribution in [0.15, 0.2) is 42.5 Å². The van der Waals surface area contributed by atoms with Crippen LogP contribution in [0.1, 0.15) is 18.4 Å².